The molecule has 1 aromatic heterocycles. The molecule has 0 saturated carbocycles. The predicted molar refractivity (Wildman–Crippen MR) is 107 cm³/mol. The maximum Gasteiger partial charge on any atom is 0.338 e. The molecule has 0 bridgehead atoms. The van der Waals surface area contributed by atoms with Gasteiger partial charge < -0.3 is 20.3 Å². The Morgan fingerprint density at radius 2 is 2.21 bits per heavy atom. The highest BCUT2D eigenvalue weighted by molar-refractivity contribution is 7.09. The Bertz CT molecular complexity index is 897. The van der Waals surface area contributed by atoms with Crippen LogP contribution in [0.15, 0.2) is 35.7 Å². The summed E-state index contributed by atoms with van der Waals surface area (Å²) in [6, 6.07) is 8.96. The van der Waals surface area contributed by atoms with Crippen LogP contribution in [0.4, 0.5) is 11.4 Å². The number of anilines is 2. The first-order chi connectivity index (χ1) is 13.6. The average Bonchev–Trinajstić information content (AvgIpc) is 3.38. The van der Waals surface area contributed by atoms with Crippen molar-refractivity contribution in [3.8, 4) is 0 Å². The normalized spacial score (nSPS) is 17.5. The lowest BCUT2D eigenvalue weighted by atomic mass is 10.1. The fraction of sp³-hybridized carbons (Fsp3) is 0.350. The summed E-state index contributed by atoms with van der Waals surface area (Å²) < 4.78 is 5.11. The maximum atomic E-state index is 12.3. The Labute approximate surface area is 166 Å². The van der Waals surface area contributed by atoms with Crippen LogP contribution < -0.4 is 15.5 Å². The van der Waals surface area contributed by atoms with Crippen LogP contribution in [-0.4, -0.2) is 43.5 Å². The van der Waals surface area contributed by atoms with E-state index in [0.29, 0.717) is 17.8 Å². The third-order valence-corrected chi connectivity index (χ3v) is 5.90. The van der Waals surface area contributed by atoms with Crippen molar-refractivity contribution in [2.75, 3.05) is 29.9 Å². The number of thiophene rings is 1. The zero-order chi connectivity index (χ0) is 19.5. The van der Waals surface area contributed by atoms with Crippen LogP contribution in [0.2, 0.25) is 0 Å². The highest BCUT2D eigenvalue weighted by atomic mass is 32.1. The van der Waals surface area contributed by atoms with Crippen LogP contribution in [0.3, 0.4) is 0 Å². The number of carbonyl (C=O) groups excluding carboxylic acids is 3. The summed E-state index contributed by atoms with van der Waals surface area (Å²) >= 11 is 1.64. The number of nitrogens with zero attached hydrogens (tertiary/aromatic N) is 1. The molecular weight excluding hydrogens is 378 g/mol. The molecule has 0 aliphatic carbocycles. The highest BCUT2D eigenvalue weighted by Crippen LogP contribution is 2.37. The summed E-state index contributed by atoms with van der Waals surface area (Å²) in [6.45, 7) is 1.00. The highest BCUT2D eigenvalue weighted by Gasteiger charge is 2.36. The molecule has 1 fully saturated rings. The van der Waals surface area contributed by atoms with Crippen molar-refractivity contribution in [1.29, 1.82) is 0 Å². The molecule has 3 heterocycles. The Balaban J connectivity index is 1.31. The number of nitrogens with one attached hydrogen (secondary N) is 2. The van der Waals surface area contributed by atoms with E-state index in [2.05, 4.69) is 15.5 Å². The number of rotatable bonds is 6. The van der Waals surface area contributed by atoms with Crippen LogP contribution >= 0.6 is 11.3 Å². The molecule has 2 amide bonds. The van der Waals surface area contributed by atoms with E-state index in [9.17, 15) is 14.4 Å². The number of fused-ring (bicyclic) bond motifs is 3. The van der Waals surface area contributed by atoms with Crippen molar-refractivity contribution in [3.63, 3.8) is 0 Å². The molecule has 2 aromatic rings. The standard InChI is InChI=1S/C20H21N3O4S/c24-18(21-8-7-14-3-2-10-28-14)12-27-20(26)13-5-6-16-15(11-13)22-19(25)17-4-1-9-23(16)17/h2-3,5-6,10-11,17H,1,4,7-9,12H2,(H,21,24)(H,22,25)/t17-/m1/s1. The van der Waals surface area contributed by atoms with Crippen LogP contribution in [-0.2, 0) is 20.7 Å². The van der Waals surface area contributed by atoms with Gasteiger partial charge in [0, 0.05) is 18.0 Å². The summed E-state index contributed by atoms with van der Waals surface area (Å²) in [5, 5.41) is 7.59. The fourth-order valence-electron chi connectivity index (χ4n) is 3.60. The topological polar surface area (TPSA) is 87.7 Å². The predicted octanol–water partition coefficient (Wildman–Crippen LogP) is 2.18. The molecule has 2 aliphatic rings. The SMILES string of the molecule is O=C(COC(=O)c1ccc2c(c1)NC(=O)[C@H]1CCCN21)NCCc1cccs1. The van der Waals surface area contributed by atoms with E-state index in [-0.39, 0.29) is 24.5 Å². The smallest absolute Gasteiger partial charge is 0.338 e. The Hall–Kier alpha value is -2.87. The second-order valence-electron chi connectivity index (χ2n) is 6.83. The minimum absolute atomic E-state index is 0.0411. The Morgan fingerprint density at radius 3 is 3.04 bits per heavy atom. The number of carbonyl (C=O) groups is 3. The minimum atomic E-state index is -0.589. The second-order valence-corrected chi connectivity index (χ2v) is 7.86. The second kappa shape index (κ2) is 8.02. The third kappa shape index (κ3) is 3.87. The van der Waals surface area contributed by atoms with Crippen LogP contribution in [0.25, 0.3) is 0 Å². The first-order valence-corrected chi connectivity index (χ1v) is 10.2. The molecule has 2 aliphatic heterocycles. The summed E-state index contributed by atoms with van der Waals surface area (Å²) in [6.07, 6.45) is 2.57. The van der Waals surface area contributed by atoms with Crippen molar-refractivity contribution in [1.82, 2.24) is 5.32 Å². The molecule has 4 rings (SSSR count). The maximum absolute atomic E-state index is 12.3. The third-order valence-electron chi connectivity index (χ3n) is 4.96. The molecule has 28 heavy (non-hydrogen) atoms. The number of ether oxygens (including phenoxy) is 1. The fourth-order valence-corrected chi connectivity index (χ4v) is 4.31. The van der Waals surface area contributed by atoms with Crippen molar-refractivity contribution >= 4 is 40.5 Å². The molecule has 0 radical (unpaired) electrons. The molecule has 146 valence electrons. The summed E-state index contributed by atoms with van der Waals surface area (Å²) in [5.41, 5.74) is 1.84. The van der Waals surface area contributed by atoms with Crippen LogP contribution in [0.1, 0.15) is 28.1 Å². The van der Waals surface area contributed by atoms with Gasteiger partial charge in [-0.15, -0.1) is 11.3 Å². The van der Waals surface area contributed by atoms with Gasteiger partial charge in [0.2, 0.25) is 5.91 Å². The average molecular weight is 399 g/mol. The molecule has 7 nitrogen and oxygen atoms in total. The van der Waals surface area contributed by atoms with Gasteiger partial charge in [-0.1, -0.05) is 6.07 Å². The lowest BCUT2D eigenvalue weighted by Crippen LogP contribution is -2.43. The molecule has 2 N–H and O–H groups in total. The first-order valence-electron chi connectivity index (χ1n) is 9.29. The Kier molecular flexibility index (Phi) is 5.29. The summed E-state index contributed by atoms with van der Waals surface area (Å²) in [4.78, 5) is 39.6. The van der Waals surface area contributed by atoms with E-state index in [1.54, 1.807) is 23.5 Å². The van der Waals surface area contributed by atoms with Gasteiger partial charge in [0.15, 0.2) is 6.61 Å². The molecular formula is C20H21N3O4S. The monoisotopic (exact) mass is 399 g/mol. The number of hydrogen-bond donors (Lipinski definition) is 2. The lowest BCUT2D eigenvalue weighted by molar-refractivity contribution is -0.124. The van der Waals surface area contributed by atoms with Gasteiger partial charge in [-0.3, -0.25) is 9.59 Å². The van der Waals surface area contributed by atoms with Gasteiger partial charge in [-0.2, -0.15) is 0 Å². The van der Waals surface area contributed by atoms with Crippen LogP contribution in [0, 0.1) is 0 Å². The minimum Gasteiger partial charge on any atom is -0.452 e. The van der Waals surface area contributed by atoms with Gasteiger partial charge in [0.1, 0.15) is 6.04 Å². The molecule has 0 spiro atoms. The number of benzene rings is 1. The van der Waals surface area contributed by atoms with E-state index in [0.717, 1.165) is 31.5 Å². The van der Waals surface area contributed by atoms with E-state index in [1.807, 2.05) is 23.6 Å². The van der Waals surface area contributed by atoms with Gasteiger partial charge >= 0.3 is 5.97 Å². The molecule has 1 atom stereocenters. The molecule has 1 saturated heterocycles. The molecule has 8 heteroatoms. The first kappa shape index (κ1) is 18.5. The number of esters is 1. The van der Waals surface area contributed by atoms with Gasteiger partial charge in [0.05, 0.1) is 16.9 Å². The zero-order valence-electron chi connectivity index (χ0n) is 15.3. The molecule has 0 unspecified atom stereocenters. The van der Waals surface area contributed by atoms with E-state index in [1.165, 1.54) is 4.88 Å². The van der Waals surface area contributed by atoms with Crippen molar-refractivity contribution in [2.45, 2.75) is 25.3 Å². The molecule has 1 aromatic carbocycles. The van der Waals surface area contributed by atoms with E-state index in [4.69, 9.17) is 4.74 Å². The number of hydrogen-bond acceptors (Lipinski definition) is 6. The van der Waals surface area contributed by atoms with Gasteiger partial charge in [-0.25, -0.2) is 4.79 Å². The largest absolute Gasteiger partial charge is 0.452 e. The zero-order valence-corrected chi connectivity index (χ0v) is 16.1. The van der Waals surface area contributed by atoms with Crippen molar-refractivity contribution in [3.05, 3.63) is 46.2 Å². The Morgan fingerprint density at radius 1 is 1.32 bits per heavy atom. The lowest BCUT2D eigenvalue weighted by Gasteiger charge is -2.33. The van der Waals surface area contributed by atoms with Gasteiger partial charge in [-0.05, 0) is 48.9 Å². The van der Waals surface area contributed by atoms with Crippen molar-refractivity contribution < 1.29 is 19.1 Å². The summed E-state index contributed by atoms with van der Waals surface area (Å²) in [7, 11) is 0. The van der Waals surface area contributed by atoms with E-state index < -0.39 is 5.97 Å². The van der Waals surface area contributed by atoms with Crippen molar-refractivity contribution in [2.24, 2.45) is 0 Å². The number of amides is 2. The summed E-state index contributed by atoms with van der Waals surface area (Å²) in [5.74, 6) is -0.967. The van der Waals surface area contributed by atoms with E-state index >= 15 is 0 Å². The quantitative estimate of drug-likeness (QED) is 0.727. The van der Waals surface area contributed by atoms with Crippen LogP contribution in [0.5, 0.6) is 0 Å². The van der Waals surface area contributed by atoms with Gasteiger partial charge in [0.25, 0.3) is 5.91 Å².